The Labute approximate surface area is 213 Å². The first-order chi connectivity index (χ1) is 18.0. The minimum atomic E-state index is -1.23. The smallest absolute Gasteiger partial charge is 0.280 e. The Balaban J connectivity index is 1.08. The molecule has 0 bridgehead atoms. The molecule has 2 saturated heterocycles. The molecule has 4 atom stereocenters. The lowest BCUT2D eigenvalue weighted by atomic mass is 10.1. The number of aliphatic hydroxyl groups is 2. The molecule has 2 aliphatic heterocycles. The molecule has 13 heteroatoms. The number of nitrogens with one attached hydrogen (secondary N) is 2. The largest absolute Gasteiger partial charge is 0.494 e. The van der Waals surface area contributed by atoms with Gasteiger partial charge in [0.1, 0.15) is 24.1 Å². The van der Waals surface area contributed by atoms with Crippen molar-refractivity contribution < 1.29 is 24.4 Å². The summed E-state index contributed by atoms with van der Waals surface area (Å²) in [6.07, 6.45) is -1.69. The second kappa shape index (κ2) is 11.5. The van der Waals surface area contributed by atoms with Crippen molar-refractivity contribution in [3.05, 3.63) is 46.5 Å². The van der Waals surface area contributed by atoms with Gasteiger partial charge >= 0.3 is 0 Å². The molecule has 5 rings (SSSR count). The zero-order chi connectivity index (χ0) is 25.8. The van der Waals surface area contributed by atoms with Crippen molar-refractivity contribution in [2.75, 3.05) is 51.7 Å². The number of H-pyrrole nitrogens is 1. The standard InChI is InChI=1S/C24H33N7O6/c25-24-28-21-18(22(34)29-24)27-14-31(21)23-20(33)19(32)17(37-23)13-26-12-15-2-4-16(5-3-15)36-9-1-6-30-7-10-35-11-8-30/h2-5,14,17,19-20,23,26,32-33H,1,6-13H2,(H3,25,28,29,34)/t17-,19-,20-,23-/m1/s1. The number of imidazole rings is 1. The van der Waals surface area contributed by atoms with E-state index in [1.807, 2.05) is 24.3 Å². The SMILES string of the molecule is Nc1nc2c(ncn2[C@@H]2O[C@H](CNCc3ccc(OCCCN4CCOCC4)cc3)[C@@H](O)[C@H]2O)c(=O)[nH]1. The molecule has 0 amide bonds. The highest BCUT2D eigenvalue weighted by Gasteiger charge is 2.44. The molecule has 0 saturated carbocycles. The first kappa shape index (κ1) is 25.6. The van der Waals surface area contributed by atoms with Crippen molar-refractivity contribution in [1.82, 2.24) is 29.7 Å². The number of hydrogen-bond donors (Lipinski definition) is 5. The van der Waals surface area contributed by atoms with Gasteiger partial charge in [-0.05, 0) is 24.1 Å². The summed E-state index contributed by atoms with van der Waals surface area (Å²) in [6.45, 7) is 6.11. The summed E-state index contributed by atoms with van der Waals surface area (Å²) in [5, 5.41) is 24.4. The minimum Gasteiger partial charge on any atom is -0.494 e. The van der Waals surface area contributed by atoms with E-state index in [0.29, 0.717) is 19.7 Å². The maximum Gasteiger partial charge on any atom is 0.280 e. The number of ether oxygens (including phenoxy) is 3. The van der Waals surface area contributed by atoms with E-state index in [1.165, 1.54) is 10.9 Å². The molecule has 0 spiro atoms. The molecule has 1 aromatic carbocycles. The highest BCUT2D eigenvalue weighted by molar-refractivity contribution is 5.70. The highest BCUT2D eigenvalue weighted by Crippen LogP contribution is 2.31. The van der Waals surface area contributed by atoms with E-state index < -0.39 is 30.1 Å². The third-order valence-electron chi connectivity index (χ3n) is 6.65. The maximum absolute atomic E-state index is 12.0. The van der Waals surface area contributed by atoms with E-state index >= 15 is 0 Å². The van der Waals surface area contributed by atoms with Crippen LogP contribution in [0.25, 0.3) is 11.2 Å². The third-order valence-corrected chi connectivity index (χ3v) is 6.65. The van der Waals surface area contributed by atoms with Crippen LogP contribution in [0.15, 0.2) is 35.4 Å². The highest BCUT2D eigenvalue weighted by atomic mass is 16.6. The van der Waals surface area contributed by atoms with Crippen LogP contribution in [0.1, 0.15) is 18.2 Å². The van der Waals surface area contributed by atoms with Gasteiger partial charge in [-0.3, -0.25) is 19.2 Å². The van der Waals surface area contributed by atoms with Gasteiger partial charge in [0.15, 0.2) is 17.4 Å². The van der Waals surface area contributed by atoms with Crippen LogP contribution in [0, 0.1) is 0 Å². The van der Waals surface area contributed by atoms with Crippen molar-refractivity contribution in [2.45, 2.75) is 37.5 Å². The average Bonchev–Trinajstić information content (AvgIpc) is 3.44. The Kier molecular flexibility index (Phi) is 7.98. The van der Waals surface area contributed by atoms with Crippen molar-refractivity contribution in [1.29, 1.82) is 0 Å². The summed E-state index contributed by atoms with van der Waals surface area (Å²) in [6, 6.07) is 7.85. The van der Waals surface area contributed by atoms with E-state index in [9.17, 15) is 15.0 Å². The van der Waals surface area contributed by atoms with E-state index in [-0.39, 0.29) is 17.1 Å². The fraction of sp³-hybridized carbons (Fsp3) is 0.542. The number of fused-ring (bicyclic) bond motifs is 1. The number of rotatable bonds is 10. The number of nitrogens with two attached hydrogens (primary N) is 1. The van der Waals surface area contributed by atoms with Gasteiger partial charge in [0.05, 0.1) is 26.1 Å². The molecule has 0 unspecified atom stereocenters. The van der Waals surface area contributed by atoms with Gasteiger partial charge in [-0.15, -0.1) is 0 Å². The molecular weight excluding hydrogens is 482 g/mol. The lowest BCUT2D eigenvalue weighted by molar-refractivity contribution is -0.0342. The average molecular weight is 516 g/mol. The van der Waals surface area contributed by atoms with Crippen LogP contribution in [0.5, 0.6) is 5.75 Å². The van der Waals surface area contributed by atoms with Crippen LogP contribution in [-0.4, -0.2) is 98.9 Å². The molecule has 2 aliphatic rings. The van der Waals surface area contributed by atoms with Crippen molar-refractivity contribution in [3.8, 4) is 5.75 Å². The van der Waals surface area contributed by atoms with Crippen LogP contribution in [0.4, 0.5) is 5.95 Å². The summed E-state index contributed by atoms with van der Waals surface area (Å²) in [5.74, 6) is 0.752. The molecule has 2 aromatic heterocycles. The van der Waals surface area contributed by atoms with Crippen molar-refractivity contribution in [2.24, 2.45) is 0 Å². The Morgan fingerprint density at radius 1 is 1.19 bits per heavy atom. The van der Waals surface area contributed by atoms with Gasteiger partial charge in [-0.2, -0.15) is 4.98 Å². The monoisotopic (exact) mass is 515 g/mol. The van der Waals surface area contributed by atoms with Gasteiger partial charge in [-0.25, -0.2) is 4.98 Å². The number of nitrogens with zero attached hydrogens (tertiary/aromatic N) is 4. The zero-order valence-electron chi connectivity index (χ0n) is 20.5. The summed E-state index contributed by atoms with van der Waals surface area (Å²) < 4.78 is 18.5. The Morgan fingerprint density at radius 2 is 1.97 bits per heavy atom. The van der Waals surface area contributed by atoms with Gasteiger partial charge in [-0.1, -0.05) is 12.1 Å². The zero-order valence-corrected chi connectivity index (χ0v) is 20.5. The van der Waals surface area contributed by atoms with Crippen LogP contribution < -0.4 is 21.3 Å². The van der Waals surface area contributed by atoms with E-state index in [1.54, 1.807) is 0 Å². The maximum atomic E-state index is 12.0. The van der Waals surface area contributed by atoms with Crippen LogP contribution in [0.2, 0.25) is 0 Å². The van der Waals surface area contributed by atoms with Gasteiger partial charge in [0, 0.05) is 32.7 Å². The van der Waals surface area contributed by atoms with Crippen molar-refractivity contribution >= 4 is 17.1 Å². The second-order valence-corrected chi connectivity index (χ2v) is 9.25. The molecule has 0 aliphatic carbocycles. The first-order valence-electron chi connectivity index (χ1n) is 12.5. The minimum absolute atomic E-state index is 0.0742. The third kappa shape index (κ3) is 5.92. The number of benzene rings is 1. The number of aliphatic hydroxyl groups excluding tert-OH is 2. The number of hydrogen-bond acceptors (Lipinski definition) is 11. The normalized spacial score (nSPS) is 24.6. The molecular formula is C24H33N7O6. The predicted molar refractivity (Wildman–Crippen MR) is 134 cm³/mol. The number of aromatic nitrogens is 4. The van der Waals surface area contributed by atoms with Crippen LogP contribution in [0.3, 0.4) is 0 Å². The lowest BCUT2D eigenvalue weighted by Gasteiger charge is -2.26. The Bertz CT molecular complexity index is 1230. The lowest BCUT2D eigenvalue weighted by Crippen LogP contribution is -2.37. The molecule has 3 aromatic rings. The molecule has 13 nitrogen and oxygen atoms in total. The first-order valence-corrected chi connectivity index (χ1v) is 12.5. The summed E-state index contributed by atoms with van der Waals surface area (Å²) in [5.41, 5.74) is 6.45. The molecule has 37 heavy (non-hydrogen) atoms. The Morgan fingerprint density at radius 3 is 2.76 bits per heavy atom. The van der Waals surface area contributed by atoms with Gasteiger partial charge in [0.2, 0.25) is 5.95 Å². The molecule has 6 N–H and O–H groups in total. The number of morpholine rings is 1. The van der Waals surface area contributed by atoms with E-state index in [4.69, 9.17) is 19.9 Å². The molecule has 4 heterocycles. The topological polar surface area (TPSA) is 173 Å². The summed E-state index contributed by atoms with van der Waals surface area (Å²) in [4.78, 5) is 24.9. The fourth-order valence-electron chi connectivity index (χ4n) is 4.62. The van der Waals surface area contributed by atoms with E-state index in [2.05, 4.69) is 25.2 Å². The fourth-order valence-corrected chi connectivity index (χ4v) is 4.62. The van der Waals surface area contributed by atoms with Crippen LogP contribution >= 0.6 is 0 Å². The predicted octanol–water partition coefficient (Wildman–Crippen LogP) is -0.788. The summed E-state index contributed by atoms with van der Waals surface area (Å²) >= 11 is 0. The number of aromatic amines is 1. The van der Waals surface area contributed by atoms with Crippen LogP contribution in [-0.2, 0) is 16.0 Å². The molecule has 2 fully saturated rings. The summed E-state index contributed by atoms with van der Waals surface area (Å²) in [7, 11) is 0. The molecule has 200 valence electrons. The van der Waals surface area contributed by atoms with Crippen molar-refractivity contribution in [3.63, 3.8) is 0 Å². The Hall–Kier alpha value is -3.07. The van der Waals surface area contributed by atoms with Gasteiger partial charge < -0.3 is 35.5 Å². The number of anilines is 1. The van der Waals surface area contributed by atoms with Gasteiger partial charge in [0.25, 0.3) is 5.56 Å². The number of nitrogen functional groups attached to an aromatic ring is 1. The molecule has 0 radical (unpaired) electrons. The quantitative estimate of drug-likeness (QED) is 0.214. The second-order valence-electron chi connectivity index (χ2n) is 9.25. The van der Waals surface area contributed by atoms with E-state index in [0.717, 1.165) is 50.6 Å².